The molecule has 1 fully saturated rings. The topological polar surface area (TPSA) is 34.2 Å². The molecule has 110 valence electrons. The lowest BCUT2D eigenvalue weighted by Gasteiger charge is -2.42. The van der Waals surface area contributed by atoms with E-state index in [2.05, 4.69) is 24.5 Å². The van der Waals surface area contributed by atoms with Crippen LogP contribution in [0.2, 0.25) is 0 Å². The van der Waals surface area contributed by atoms with Gasteiger partial charge < -0.3 is 10.1 Å². The molecule has 0 spiro atoms. The number of hydrogen-bond donors (Lipinski definition) is 1. The molecule has 0 bridgehead atoms. The van der Waals surface area contributed by atoms with E-state index in [1.165, 1.54) is 56.2 Å². The predicted molar refractivity (Wildman–Crippen MR) is 81.0 cm³/mol. The van der Waals surface area contributed by atoms with E-state index < -0.39 is 0 Å². The molecule has 0 saturated heterocycles. The molecular weight excluding hydrogens is 248 g/mol. The van der Waals surface area contributed by atoms with Crippen molar-refractivity contribution in [1.82, 2.24) is 10.3 Å². The van der Waals surface area contributed by atoms with E-state index in [0.29, 0.717) is 12.0 Å². The molecule has 0 amide bonds. The first-order chi connectivity index (χ1) is 9.80. The van der Waals surface area contributed by atoms with Gasteiger partial charge in [0.1, 0.15) is 0 Å². The van der Waals surface area contributed by atoms with Crippen molar-refractivity contribution in [1.29, 1.82) is 0 Å². The zero-order chi connectivity index (χ0) is 14.0. The third kappa shape index (κ3) is 2.27. The molecule has 3 rings (SSSR count). The fourth-order valence-electron chi connectivity index (χ4n) is 4.42. The van der Waals surface area contributed by atoms with Crippen LogP contribution in [0.5, 0.6) is 0 Å². The summed E-state index contributed by atoms with van der Waals surface area (Å²) in [6, 6.07) is 4.69. The molecule has 0 aromatic carbocycles. The number of hydrogen-bond acceptors (Lipinski definition) is 3. The Kier molecular flexibility index (Phi) is 4.08. The van der Waals surface area contributed by atoms with Crippen LogP contribution in [0.25, 0.3) is 0 Å². The lowest BCUT2D eigenvalue weighted by molar-refractivity contribution is -0.0428. The van der Waals surface area contributed by atoms with Crippen LogP contribution in [0, 0.1) is 0 Å². The number of aryl methyl sites for hydroxylation is 1. The van der Waals surface area contributed by atoms with Crippen molar-refractivity contribution in [3.05, 3.63) is 29.6 Å². The second-order valence-electron chi connectivity index (χ2n) is 6.29. The van der Waals surface area contributed by atoms with Crippen molar-refractivity contribution in [3.8, 4) is 0 Å². The quantitative estimate of drug-likeness (QED) is 0.916. The molecule has 3 nitrogen and oxygen atoms in total. The molecule has 2 aliphatic carbocycles. The van der Waals surface area contributed by atoms with E-state index in [1.54, 1.807) is 0 Å². The molecular formula is C17H26N2O. The molecule has 2 aliphatic rings. The normalized spacial score (nSPS) is 26.2. The van der Waals surface area contributed by atoms with Gasteiger partial charge in [0.15, 0.2) is 0 Å². The third-order valence-corrected chi connectivity index (χ3v) is 5.38. The lowest BCUT2D eigenvalue weighted by atomic mass is 9.74. The largest absolute Gasteiger partial charge is 0.377 e. The second-order valence-corrected chi connectivity index (χ2v) is 6.29. The fourth-order valence-corrected chi connectivity index (χ4v) is 4.42. The van der Waals surface area contributed by atoms with Crippen LogP contribution in [-0.2, 0) is 11.2 Å². The maximum atomic E-state index is 6.03. The third-order valence-electron chi connectivity index (χ3n) is 5.38. The molecule has 2 unspecified atom stereocenters. The zero-order valence-corrected chi connectivity index (χ0v) is 12.7. The van der Waals surface area contributed by atoms with Gasteiger partial charge in [0.05, 0.1) is 5.60 Å². The molecule has 1 aromatic rings. The maximum absolute atomic E-state index is 6.03. The van der Waals surface area contributed by atoms with Gasteiger partial charge in [0.25, 0.3) is 0 Å². The standard InChI is InChI=1S/C17H26N2O/c1-18-16(17(20-2)10-3-4-11-17)14-9-5-7-13-8-6-12-19-15(13)14/h6,8,12,14,16,18H,3-5,7,9-11H2,1-2H3. The Labute approximate surface area is 122 Å². The first kappa shape index (κ1) is 14.0. The Bertz CT molecular complexity index is 454. The van der Waals surface area contributed by atoms with Crippen molar-refractivity contribution in [3.63, 3.8) is 0 Å². The summed E-state index contributed by atoms with van der Waals surface area (Å²) in [5.41, 5.74) is 2.75. The number of ether oxygens (including phenoxy) is 1. The Morgan fingerprint density at radius 2 is 2.15 bits per heavy atom. The Hall–Kier alpha value is -0.930. The number of nitrogens with zero attached hydrogens (tertiary/aromatic N) is 1. The average Bonchev–Trinajstić information content (AvgIpc) is 2.98. The summed E-state index contributed by atoms with van der Waals surface area (Å²) in [4.78, 5) is 4.71. The summed E-state index contributed by atoms with van der Waals surface area (Å²) in [7, 11) is 3.97. The van der Waals surface area contributed by atoms with Crippen LogP contribution in [-0.4, -0.2) is 30.8 Å². The number of nitrogens with one attached hydrogen (secondary N) is 1. The summed E-state index contributed by atoms with van der Waals surface area (Å²) in [6.07, 6.45) is 10.5. The van der Waals surface area contributed by atoms with E-state index in [9.17, 15) is 0 Å². The Morgan fingerprint density at radius 3 is 2.85 bits per heavy atom. The van der Waals surface area contributed by atoms with Gasteiger partial charge in [-0.15, -0.1) is 0 Å². The molecule has 3 heteroatoms. The van der Waals surface area contributed by atoms with Gasteiger partial charge in [-0.3, -0.25) is 4.98 Å². The monoisotopic (exact) mass is 274 g/mol. The van der Waals surface area contributed by atoms with Crippen molar-refractivity contribution < 1.29 is 4.74 Å². The first-order valence-electron chi connectivity index (χ1n) is 7.97. The highest BCUT2D eigenvalue weighted by molar-refractivity contribution is 5.28. The van der Waals surface area contributed by atoms with E-state index in [1.807, 2.05) is 13.3 Å². The summed E-state index contributed by atoms with van der Waals surface area (Å²) >= 11 is 0. The fraction of sp³-hybridized carbons (Fsp3) is 0.706. The predicted octanol–water partition coefficient (Wildman–Crippen LogP) is 3.05. The lowest BCUT2D eigenvalue weighted by Crippen LogP contribution is -2.53. The average molecular weight is 274 g/mol. The summed E-state index contributed by atoms with van der Waals surface area (Å²) in [6.45, 7) is 0. The molecule has 0 aliphatic heterocycles. The number of fused-ring (bicyclic) bond motifs is 1. The van der Waals surface area contributed by atoms with E-state index in [0.717, 1.165) is 0 Å². The van der Waals surface area contributed by atoms with Crippen LogP contribution in [0.3, 0.4) is 0 Å². The summed E-state index contributed by atoms with van der Waals surface area (Å²) in [5.74, 6) is 0.489. The number of aromatic nitrogens is 1. The molecule has 1 heterocycles. The smallest absolute Gasteiger partial charge is 0.0837 e. The zero-order valence-electron chi connectivity index (χ0n) is 12.7. The van der Waals surface area contributed by atoms with Gasteiger partial charge in [-0.05, 0) is 50.8 Å². The Balaban J connectivity index is 1.94. The van der Waals surface area contributed by atoms with Crippen molar-refractivity contribution in [2.75, 3.05) is 14.2 Å². The van der Waals surface area contributed by atoms with Crippen LogP contribution in [0.15, 0.2) is 18.3 Å². The van der Waals surface area contributed by atoms with Crippen molar-refractivity contribution in [2.24, 2.45) is 0 Å². The molecule has 1 aromatic heterocycles. The van der Waals surface area contributed by atoms with Gasteiger partial charge in [-0.1, -0.05) is 18.9 Å². The van der Waals surface area contributed by atoms with E-state index in [-0.39, 0.29) is 5.60 Å². The number of methoxy groups -OCH3 is 1. The maximum Gasteiger partial charge on any atom is 0.0837 e. The second kappa shape index (κ2) is 5.82. The summed E-state index contributed by atoms with van der Waals surface area (Å²) in [5, 5.41) is 3.58. The minimum absolute atomic E-state index is 0.00550. The minimum atomic E-state index is 0.00550. The minimum Gasteiger partial charge on any atom is -0.377 e. The Morgan fingerprint density at radius 1 is 1.35 bits per heavy atom. The highest BCUT2D eigenvalue weighted by Crippen LogP contribution is 2.43. The van der Waals surface area contributed by atoms with Crippen molar-refractivity contribution in [2.45, 2.75) is 62.5 Å². The van der Waals surface area contributed by atoms with Gasteiger partial charge >= 0.3 is 0 Å². The van der Waals surface area contributed by atoms with Gasteiger partial charge in [-0.2, -0.15) is 0 Å². The van der Waals surface area contributed by atoms with Crippen LogP contribution < -0.4 is 5.32 Å². The first-order valence-corrected chi connectivity index (χ1v) is 7.97. The molecule has 1 N–H and O–H groups in total. The number of pyridine rings is 1. The molecule has 1 saturated carbocycles. The van der Waals surface area contributed by atoms with E-state index in [4.69, 9.17) is 9.72 Å². The SMILES string of the molecule is CNC(C1CCCc2cccnc21)C1(OC)CCCC1. The molecule has 2 atom stereocenters. The van der Waals surface area contributed by atoms with Crippen LogP contribution >= 0.6 is 0 Å². The van der Waals surface area contributed by atoms with Crippen molar-refractivity contribution >= 4 is 0 Å². The number of rotatable bonds is 4. The van der Waals surface area contributed by atoms with Crippen LogP contribution in [0.4, 0.5) is 0 Å². The van der Waals surface area contributed by atoms with Gasteiger partial charge in [0.2, 0.25) is 0 Å². The van der Waals surface area contributed by atoms with Gasteiger partial charge in [0, 0.05) is 31.0 Å². The highest BCUT2D eigenvalue weighted by atomic mass is 16.5. The van der Waals surface area contributed by atoms with Crippen LogP contribution in [0.1, 0.15) is 55.7 Å². The molecule has 20 heavy (non-hydrogen) atoms. The van der Waals surface area contributed by atoms with E-state index >= 15 is 0 Å². The summed E-state index contributed by atoms with van der Waals surface area (Å²) < 4.78 is 6.03. The van der Waals surface area contributed by atoms with Gasteiger partial charge in [-0.25, -0.2) is 0 Å². The highest BCUT2D eigenvalue weighted by Gasteiger charge is 2.46. The number of likely N-dealkylation sites (N-methyl/N-ethyl adjacent to an activating group) is 1. The molecule has 0 radical (unpaired) electrons.